The van der Waals surface area contributed by atoms with E-state index in [-0.39, 0.29) is 0 Å². The molecule has 0 radical (unpaired) electrons. The summed E-state index contributed by atoms with van der Waals surface area (Å²) in [5.41, 5.74) is 0.563. The van der Waals surface area contributed by atoms with Crippen LogP contribution in [-0.2, 0) is 0 Å². The molecular weight excluding hydrogens is 134 g/mol. The zero-order chi connectivity index (χ0) is 6.69. The molecule has 0 bridgehead atoms. The minimum Gasteiger partial charge on any atom is -0.143 e. The summed E-state index contributed by atoms with van der Waals surface area (Å²) in [6.45, 7) is 0. The molecule has 1 rings (SSSR count). The monoisotopic (exact) mass is 140 g/mol. The van der Waals surface area contributed by atoms with Crippen LogP contribution in [0.3, 0.4) is 0 Å². The second-order valence-electron chi connectivity index (χ2n) is 1.65. The van der Waals surface area contributed by atoms with Gasteiger partial charge in [0.15, 0.2) is 0 Å². The van der Waals surface area contributed by atoms with Crippen LogP contribution < -0.4 is 5.18 Å². The molecule has 0 saturated heterocycles. The molecule has 0 aliphatic rings. The van der Waals surface area contributed by atoms with Crippen molar-refractivity contribution < 1.29 is 5.18 Å². The molecule has 2 nitrogen and oxygen atoms in total. The van der Waals surface area contributed by atoms with E-state index in [4.69, 9.17) is 0 Å². The van der Waals surface area contributed by atoms with Gasteiger partial charge in [-0.3, -0.25) is 0 Å². The maximum atomic E-state index is 9.97. The first kappa shape index (κ1) is 6.29. The van der Waals surface area contributed by atoms with Crippen molar-refractivity contribution in [2.24, 2.45) is 0 Å². The highest BCUT2D eigenvalue weighted by molar-refractivity contribution is 7.80. The predicted octanol–water partition coefficient (Wildman–Crippen LogP) is 0.454. The van der Waals surface area contributed by atoms with Gasteiger partial charge >= 0.3 is 0 Å². The quantitative estimate of drug-likeness (QED) is 0.545. The molecule has 0 heterocycles. The van der Waals surface area contributed by atoms with E-state index in [1.54, 1.807) is 29.4 Å². The number of hydrogen-bond acceptors (Lipinski definition) is 2. The Morgan fingerprint density at radius 1 is 1.22 bits per heavy atom. The van der Waals surface area contributed by atoms with E-state index in [2.05, 4.69) is 12.6 Å². The molecule has 46 valence electrons. The van der Waals surface area contributed by atoms with E-state index < -0.39 is 0 Å². The molecule has 0 spiro atoms. The molecular formula is C6H6NOS+. The largest absolute Gasteiger partial charge is 0.253 e. The van der Waals surface area contributed by atoms with Gasteiger partial charge in [0, 0.05) is 27.1 Å². The number of nitroso groups, excluding NO2 is 1. The maximum absolute atomic E-state index is 9.97. The topological polar surface area (TPSA) is 31.0 Å². The third kappa shape index (κ3) is 1.54. The lowest BCUT2D eigenvalue weighted by Gasteiger charge is -1.83. The van der Waals surface area contributed by atoms with E-state index in [0.717, 1.165) is 4.90 Å². The minimum absolute atomic E-state index is 0.563. The average molecular weight is 140 g/mol. The zero-order valence-corrected chi connectivity index (χ0v) is 5.56. The average Bonchev–Trinajstić information content (AvgIpc) is 1.90. The summed E-state index contributed by atoms with van der Waals surface area (Å²) in [6, 6.07) is 6.86. The lowest BCUT2D eigenvalue weighted by Crippen LogP contribution is -2.55. The van der Waals surface area contributed by atoms with Gasteiger partial charge < -0.3 is 0 Å². The van der Waals surface area contributed by atoms with E-state index in [9.17, 15) is 4.91 Å². The highest BCUT2D eigenvalue weighted by Crippen LogP contribution is 2.06. The number of benzene rings is 1. The van der Waals surface area contributed by atoms with Gasteiger partial charge in [-0.2, -0.15) is 0 Å². The first-order chi connectivity index (χ1) is 4.33. The first-order valence-corrected chi connectivity index (χ1v) is 2.95. The molecule has 0 unspecified atom stereocenters. The van der Waals surface area contributed by atoms with Gasteiger partial charge in [-0.1, -0.05) is 0 Å². The van der Waals surface area contributed by atoms with Gasteiger partial charge in [-0.05, 0) is 12.1 Å². The Kier molecular flexibility index (Phi) is 1.85. The number of rotatable bonds is 1. The Hall–Kier alpha value is -0.830. The lowest BCUT2D eigenvalue weighted by atomic mass is 10.3. The molecule has 0 atom stereocenters. The maximum Gasteiger partial charge on any atom is 0.253 e. The van der Waals surface area contributed by atoms with Gasteiger partial charge in [0.2, 0.25) is 0 Å². The summed E-state index contributed by atoms with van der Waals surface area (Å²) in [5.74, 6) is 0. The van der Waals surface area contributed by atoms with Gasteiger partial charge in [0.1, 0.15) is 0 Å². The number of thiol groups is 1. The van der Waals surface area contributed by atoms with Crippen LogP contribution >= 0.6 is 12.6 Å². The first-order valence-electron chi connectivity index (χ1n) is 2.50. The van der Waals surface area contributed by atoms with Gasteiger partial charge in [0.25, 0.3) is 5.69 Å². The lowest BCUT2D eigenvalue weighted by molar-refractivity contribution is -0.379. The fraction of sp³-hybridized carbons (Fsp3) is 0. The Morgan fingerprint density at radius 3 is 2.22 bits per heavy atom. The summed E-state index contributed by atoms with van der Waals surface area (Å²) in [6.07, 6.45) is 0. The molecule has 3 heteroatoms. The molecule has 0 saturated carbocycles. The summed E-state index contributed by atoms with van der Waals surface area (Å²) in [5, 5.41) is 1.77. The van der Waals surface area contributed by atoms with E-state index in [1.165, 1.54) is 0 Å². The third-order valence-electron chi connectivity index (χ3n) is 0.985. The normalized spacial score (nSPS) is 9.00. The van der Waals surface area contributed by atoms with Crippen molar-refractivity contribution in [3.63, 3.8) is 0 Å². The van der Waals surface area contributed by atoms with Crippen LogP contribution in [0.25, 0.3) is 0 Å². The predicted molar refractivity (Wildman–Crippen MR) is 37.7 cm³/mol. The highest BCUT2D eigenvalue weighted by Gasteiger charge is 1.93. The Bertz CT molecular complexity index is 207. The van der Waals surface area contributed by atoms with Crippen LogP contribution in [0.4, 0.5) is 5.69 Å². The molecule has 1 aromatic carbocycles. The molecule has 1 N–H and O–H groups in total. The highest BCUT2D eigenvalue weighted by atomic mass is 32.1. The van der Waals surface area contributed by atoms with E-state index >= 15 is 0 Å². The molecule has 0 fully saturated rings. The fourth-order valence-electron chi connectivity index (χ4n) is 0.529. The molecule has 0 amide bonds. The smallest absolute Gasteiger partial charge is 0.143 e. The van der Waals surface area contributed by atoms with Crippen LogP contribution in [0, 0.1) is 4.91 Å². The van der Waals surface area contributed by atoms with Crippen molar-refractivity contribution in [2.45, 2.75) is 4.90 Å². The van der Waals surface area contributed by atoms with Crippen molar-refractivity contribution >= 4 is 18.3 Å². The minimum atomic E-state index is 0.563. The van der Waals surface area contributed by atoms with Crippen molar-refractivity contribution in [1.29, 1.82) is 0 Å². The standard InChI is InChI=1S/C6H5NOS/c8-7-5-1-3-6(9)4-2-5/h1-4,9H/p+1. The van der Waals surface area contributed by atoms with Crippen molar-refractivity contribution in [3.05, 3.63) is 29.2 Å². The molecule has 0 aliphatic heterocycles. The van der Waals surface area contributed by atoms with E-state index in [0.29, 0.717) is 5.69 Å². The zero-order valence-electron chi connectivity index (χ0n) is 4.66. The van der Waals surface area contributed by atoms with Crippen molar-refractivity contribution in [1.82, 2.24) is 0 Å². The Labute approximate surface area is 58.3 Å². The summed E-state index contributed by atoms with van der Waals surface area (Å²) in [4.78, 5) is 10.8. The second-order valence-corrected chi connectivity index (χ2v) is 2.17. The molecule has 0 aliphatic carbocycles. The van der Waals surface area contributed by atoms with Gasteiger partial charge in [-0.15, -0.1) is 12.6 Å². The van der Waals surface area contributed by atoms with Crippen LogP contribution in [0.5, 0.6) is 0 Å². The number of nitrogens with one attached hydrogen (secondary N) is 1. The Balaban J connectivity index is 3.01. The third-order valence-corrected chi connectivity index (χ3v) is 1.28. The van der Waals surface area contributed by atoms with Crippen molar-refractivity contribution in [2.75, 3.05) is 0 Å². The van der Waals surface area contributed by atoms with Crippen LogP contribution in [0.2, 0.25) is 0 Å². The SMILES string of the molecule is O=[NH+]c1ccc(S)cc1. The van der Waals surface area contributed by atoms with Crippen LogP contribution in [-0.4, -0.2) is 0 Å². The second kappa shape index (κ2) is 2.64. The van der Waals surface area contributed by atoms with Crippen LogP contribution in [0.15, 0.2) is 29.2 Å². The van der Waals surface area contributed by atoms with Gasteiger partial charge in [0.05, 0.1) is 0 Å². The molecule has 9 heavy (non-hydrogen) atoms. The van der Waals surface area contributed by atoms with Crippen molar-refractivity contribution in [3.8, 4) is 0 Å². The van der Waals surface area contributed by atoms with Gasteiger partial charge in [-0.25, -0.2) is 0 Å². The molecule has 0 aromatic heterocycles. The van der Waals surface area contributed by atoms with Crippen LogP contribution in [0.1, 0.15) is 0 Å². The Morgan fingerprint density at radius 2 is 1.78 bits per heavy atom. The number of hydrogen-bond donors (Lipinski definition) is 2. The van der Waals surface area contributed by atoms with E-state index in [1.807, 2.05) is 0 Å². The summed E-state index contributed by atoms with van der Waals surface area (Å²) >= 11 is 4.04. The molecule has 1 aromatic rings. The summed E-state index contributed by atoms with van der Waals surface area (Å²) in [7, 11) is 0. The summed E-state index contributed by atoms with van der Waals surface area (Å²) < 4.78 is 0. The fourth-order valence-corrected chi connectivity index (χ4v) is 0.679.